The zero-order valence-corrected chi connectivity index (χ0v) is 16.4. The fourth-order valence-electron chi connectivity index (χ4n) is 3.90. The predicted molar refractivity (Wildman–Crippen MR) is 113 cm³/mol. The normalized spacial score (nSPS) is 26.7. The molecule has 4 rings (SSSR count). The van der Waals surface area contributed by atoms with Gasteiger partial charge in [0.05, 0.1) is 0 Å². The molecule has 1 aromatic rings. The molecule has 7 nitrogen and oxygen atoms in total. The fraction of sp³-hybridized carbons (Fsp3) is 0.381. The first kappa shape index (κ1) is 18.3. The minimum absolute atomic E-state index is 0.0959. The number of aromatic nitrogens is 1. The average Bonchev–Trinajstić information content (AvgIpc) is 3.11. The maximum Gasteiger partial charge on any atom is 0.213 e. The van der Waals surface area contributed by atoms with E-state index in [1.54, 1.807) is 6.20 Å². The zero-order chi connectivity index (χ0) is 19.5. The number of allylic oxidation sites excluding steroid dienone is 2. The first-order chi connectivity index (χ1) is 13.7. The number of nitrogens with one attached hydrogen (secondary N) is 2. The van der Waals surface area contributed by atoms with Crippen molar-refractivity contribution in [1.29, 1.82) is 0 Å². The van der Waals surface area contributed by atoms with Crippen LogP contribution in [0.4, 0.5) is 0 Å². The molecule has 0 bridgehead atoms. The fourth-order valence-corrected chi connectivity index (χ4v) is 3.90. The Morgan fingerprint density at radius 2 is 2.32 bits per heavy atom. The Kier molecular flexibility index (Phi) is 5.14. The summed E-state index contributed by atoms with van der Waals surface area (Å²) in [5.41, 5.74) is 14.8. The SMILES string of the molecule is CCN=C1CCC(NC2=NC3C(c4cncc(C)c4)=CC=CN3N2)CC1=CN. The van der Waals surface area contributed by atoms with Crippen molar-refractivity contribution in [2.45, 2.75) is 45.3 Å². The topological polar surface area (TPSA) is 90.9 Å². The lowest BCUT2D eigenvalue weighted by Gasteiger charge is -2.28. The van der Waals surface area contributed by atoms with Gasteiger partial charge >= 0.3 is 0 Å². The van der Waals surface area contributed by atoms with Crippen LogP contribution in [0.1, 0.15) is 37.3 Å². The summed E-state index contributed by atoms with van der Waals surface area (Å²) in [6, 6.07) is 2.43. The number of fused-ring (bicyclic) bond motifs is 1. The van der Waals surface area contributed by atoms with Gasteiger partial charge in [0.1, 0.15) is 0 Å². The number of aliphatic imine (C=N–C) groups is 2. The summed E-state index contributed by atoms with van der Waals surface area (Å²) in [6.07, 6.45) is 14.3. The van der Waals surface area contributed by atoms with Crippen molar-refractivity contribution in [3.63, 3.8) is 0 Å². The van der Waals surface area contributed by atoms with Crippen LogP contribution in [0.5, 0.6) is 0 Å². The summed E-state index contributed by atoms with van der Waals surface area (Å²) < 4.78 is 0. The van der Waals surface area contributed by atoms with Crippen molar-refractivity contribution in [2.24, 2.45) is 15.7 Å². The van der Waals surface area contributed by atoms with E-state index in [0.717, 1.165) is 59.8 Å². The molecular formula is C21H27N7. The number of hydrogen-bond donors (Lipinski definition) is 3. The first-order valence-corrected chi connectivity index (χ1v) is 9.82. The molecule has 3 heterocycles. The lowest BCUT2D eigenvalue weighted by atomic mass is 9.89. The number of hydrogen-bond acceptors (Lipinski definition) is 7. The van der Waals surface area contributed by atoms with E-state index in [2.05, 4.69) is 46.7 Å². The summed E-state index contributed by atoms with van der Waals surface area (Å²) >= 11 is 0. The number of pyridine rings is 1. The van der Waals surface area contributed by atoms with Crippen LogP contribution in [0.25, 0.3) is 5.57 Å². The zero-order valence-electron chi connectivity index (χ0n) is 16.4. The van der Waals surface area contributed by atoms with Gasteiger partial charge in [0.15, 0.2) is 6.17 Å². The molecular weight excluding hydrogens is 350 g/mol. The molecule has 2 atom stereocenters. The van der Waals surface area contributed by atoms with Crippen molar-refractivity contribution < 1.29 is 0 Å². The molecule has 2 aliphatic heterocycles. The summed E-state index contributed by atoms with van der Waals surface area (Å²) in [6.45, 7) is 4.91. The quantitative estimate of drug-likeness (QED) is 0.752. The van der Waals surface area contributed by atoms with Gasteiger partial charge in [0.2, 0.25) is 5.96 Å². The molecule has 146 valence electrons. The van der Waals surface area contributed by atoms with Crippen LogP contribution in [0.3, 0.4) is 0 Å². The second-order valence-corrected chi connectivity index (χ2v) is 7.28. The first-order valence-electron chi connectivity index (χ1n) is 9.82. The van der Waals surface area contributed by atoms with Gasteiger partial charge in [0, 0.05) is 48.0 Å². The number of rotatable bonds is 3. The molecule has 1 aliphatic carbocycles. The van der Waals surface area contributed by atoms with Crippen LogP contribution in [0.15, 0.2) is 58.6 Å². The molecule has 28 heavy (non-hydrogen) atoms. The van der Waals surface area contributed by atoms with E-state index in [9.17, 15) is 0 Å². The second kappa shape index (κ2) is 7.88. The summed E-state index contributed by atoms with van der Waals surface area (Å²) in [7, 11) is 0. The van der Waals surface area contributed by atoms with Crippen LogP contribution < -0.4 is 16.5 Å². The van der Waals surface area contributed by atoms with Gasteiger partial charge in [0.25, 0.3) is 0 Å². The van der Waals surface area contributed by atoms with Crippen molar-refractivity contribution in [2.75, 3.05) is 6.54 Å². The molecule has 4 N–H and O–H groups in total. The number of nitrogens with zero attached hydrogens (tertiary/aromatic N) is 4. The average molecular weight is 377 g/mol. The Balaban J connectivity index is 1.48. The molecule has 0 amide bonds. The summed E-state index contributed by atoms with van der Waals surface area (Å²) in [5.74, 6) is 0.792. The van der Waals surface area contributed by atoms with Crippen molar-refractivity contribution in [3.05, 3.63) is 59.7 Å². The highest BCUT2D eigenvalue weighted by Crippen LogP contribution is 2.29. The van der Waals surface area contributed by atoms with Gasteiger partial charge in [-0.15, -0.1) is 0 Å². The van der Waals surface area contributed by atoms with E-state index in [4.69, 9.17) is 10.7 Å². The number of aryl methyl sites for hydroxylation is 1. The minimum atomic E-state index is -0.0959. The van der Waals surface area contributed by atoms with E-state index >= 15 is 0 Å². The molecule has 1 aromatic heterocycles. The Bertz CT molecular complexity index is 894. The lowest BCUT2D eigenvalue weighted by Crippen LogP contribution is -2.47. The van der Waals surface area contributed by atoms with Gasteiger partial charge in [-0.3, -0.25) is 20.4 Å². The maximum atomic E-state index is 5.84. The Labute approximate surface area is 165 Å². The van der Waals surface area contributed by atoms with E-state index < -0.39 is 0 Å². The van der Waals surface area contributed by atoms with Gasteiger partial charge in [-0.05, 0) is 62.6 Å². The Morgan fingerprint density at radius 1 is 1.43 bits per heavy atom. The third-order valence-electron chi connectivity index (χ3n) is 5.22. The molecule has 0 spiro atoms. The predicted octanol–water partition coefficient (Wildman–Crippen LogP) is 2.25. The third kappa shape index (κ3) is 3.65. The summed E-state index contributed by atoms with van der Waals surface area (Å²) in [5, 5.41) is 5.57. The van der Waals surface area contributed by atoms with Crippen LogP contribution in [-0.2, 0) is 0 Å². The lowest BCUT2D eigenvalue weighted by molar-refractivity contribution is 0.318. The monoisotopic (exact) mass is 377 g/mol. The molecule has 3 aliphatic rings. The molecule has 0 radical (unpaired) electrons. The van der Waals surface area contributed by atoms with Crippen LogP contribution in [0, 0.1) is 6.92 Å². The third-order valence-corrected chi connectivity index (χ3v) is 5.22. The van der Waals surface area contributed by atoms with Gasteiger partial charge < -0.3 is 11.1 Å². The number of guanidine groups is 1. The molecule has 0 aromatic carbocycles. The maximum absolute atomic E-state index is 5.84. The smallest absolute Gasteiger partial charge is 0.213 e. The standard InChI is InChI=1S/C21H27N7/c1-3-24-19-7-6-17(10-15(19)11-22)25-21-26-20-18(5-4-8-28(20)27-21)16-9-14(2)12-23-13-16/h4-5,8-9,11-13,17,20H,3,6-7,10,22H2,1-2H3,(H2,25,26,27). The van der Waals surface area contributed by atoms with Crippen molar-refractivity contribution in [1.82, 2.24) is 20.7 Å². The van der Waals surface area contributed by atoms with Crippen molar-refractivity contribution in [3.8, 4) is 0 Å². The van der Waals surface area contributed by atoms with E-state index in [1.807, 2.05) is 29.7 Å². The van der Waals surface area contributed by atoms with Crippen molar-refractivity contribution >= 4 is 17.2 Å². The van der Waals surface area contributed by atoms with Crippen LogP contribution in [0.2, 0.25) is 0 Å². The largest absolute Gasteiger partial charge is 0.404 e. The number of nitrogens with two attached hydrogens (primary N) is 1. The van der Waals surface area contributed by atoms with E-state index in [-0.39, 0.29) is 12.2 Å². The van der Waals surface area contributed by atoms with E-state index in [0.29, 0.717) is 0 Å². The van der Waals surface area contributed by atoms with E-state index in [1.165, 1.54) is 0 Å². The van der Waals surface area contributed by atoms with Gasteiger partial charge in [-0.2, -0.15) is 0 Å². The highest BCUT2D eigenvalue weighted by Gasteiger charge is 2.31. The minimum Gasteiger partial charge on any atom is -0.404 e. The Hall–Kier alpha value is -3.09. The molecule has 0 saturated heterocycles. The summed E-state index contributed by atoms with van der Waals surface area (Å²) in [4.78, 5) is 13.8. The van der Waals surface area contributed by atoms with Crippen LogP contribution in [-0.4, -0.2) is 40.4 Å². The second-order valence-electron chi connectivity index (χ2n) is 7.28. The highest BCUT2D eigenvalue weighted by molar-refractivity contribution is 6.01. The highest BCUT2D eigenvalue weighted by atomic mass is 15.6. The van der Waals surface area contributed by atoms with Crippen LogP contribution >= 0.6 is 0 Å². The van der Waals surface area contributed by atoms with Gasteiger partial charge in [-0.1, -0.05) is 6.08 Å². The Morgan fingerprint density at radius 3 is 3.11 bits per heavy atom. The molecule has 1 saturated carbocycles. The number of hydrazine groups is 1. The molecule has 7 heteroatoms. The molecule has 1 fully saturated rings. The molecule has 2 unspecified atom stereocenters. The van der Waals surface area contributed by atoms with Gasteiger partial charge in [-0.25, -0.2) is 4.99 Å².